The normalized spacial score (nSPS) is 11.3. The zero-order chi connectivity index (χ0) is 20.9. The molecule has 11 heteroatoms. The maximum Gasteiger partial charge on any atom is 0.321 e. The third kappa shape index (κ3) is 5.90. The molecule has 0 spiro atoms. The summed E-state index contributed by atoms with van der Waals surface area (Å²) in [5.74, 6) is -2.49. The molecular formula is C17H15Cl2FN2O5S. The number of carbonyl (C=O) groups excluding carboxylic acids is 2. The molecule has 150 valence electrons. The van der Waals surface area contributed by atoms with Crippen LogP contribution in [-0.2, 0) is 24.3 Å². The average molecular weight is 449 g/mol. The van der Waals surface area contributed by atoms with E-state index < -0.39 is 40.9 Å². The predicted molar refractivity (Wildman–Crippen MR) is 102 cm³/mol. The lowest BCUT2D eigenvalue weighted by Crippen LogP contribution is -2.34. The third-order valence-corrected chi connectivity index (χ3v) is 5.75. The van der Waals surface area contributed by atoms with E-state index in [9.17, 15) is 22.4 Å². The van der Waals surface area contributed by atoms with Crippen molar-refractivity contribution in [3.05, 3.63) is 58.3 Å². The maximum absolute atomic E-state index is 13.6. The Balaban J connectivity index is 1.89. The van der Waals surface area contributed by atoms with Gasteiger partial charge in [-0.25, -0.2) is 12.8 Å². The Labute approximate surface area is 171 Å². The maximum atomic E-state index is 13.6. The van der Waals surface area contributed by atoms with Gasteiger partial charge in [-0.3, -0.25) is 9.59 Å². The fraction of sp³-hybridized carbons (Fsp3) is 0.176. The number of benzene rings is 2. The highest BCUT2D eigenvalue weighted by Crippen LogP contribution is 2.19. The topological polar surface area (TPSA) is 92.8 Å². The second-order valence-corrected chi connectivity index (χ2v) is 8.47. The van der Waals surface area contributed by atoms with Crippen molar-refractivity contribution in [2.75, 3.05) is 25.5 Å². The Morgan fingerprint density at radius 2 is 1.71 bits per heavy atom. The summed E-state index contributed by atoms with van der Waals surface area (Å²) in [5.41, 5.74) is -0.132. The number of ether oxygens (including phenoxy) is 1. The number of nitrogens with one attached hydrogen (secondary N) is 1. The number of amides is 1. The van der Waals surface area contributed by atoms with Crippen molar-refractivity contribution in [1.29, 1.82) is 0 Å². The largest absolute Gasteiger partial charge is 0.455 e. The van der Waals surface area contributed by atoms with E-state index in [-0.39, 0.29) is 15.6 Å². The predicted octanol–water partition coefficient (Wildman–Crippen LogP) is 2.93. The number of sulfonamides is 1. The van der Waals surface area contributed by atoms with E-state index in [1.807, 2.05) is 0 Å². The Bertz CT molecular complexity index is 984. The summed E-state index contributed by atoms with van der Waals surface area (Å²) in [4.78, 5) is 23.5. The number of halogens is 3. The molecule has 0 unspecified atom stereocenters. The van der Waals surface area contributed by atoms with Gasteiger partial charge in [0, 0.05) is 17.1 Å². The highest BCUT2D eigenvalue weighted by atomic mass is 35.5. The number of hydrogen-bond acceptors (Lipinski definition) is 5. The number of rotatable bonds is 7. The minimum atomic E-state index is -3.94. The van der Waals surface area contributed by atoms with E-state index in [2.05, 4.69) is 5.32 Å². The summed E-state index contributed by atoms with van der Waals surface area (Å²) in [5, 5.41) is 2.74. The summed E-state index contributed by atoms with van der Waals surface area (Å²) in [6.07, 6.45) is 0. The number of anilines is 1. The van der Waals surface area contributed by atoms with E-state index in [0.717, 1.165) is 10.4 Å². The Morgan fingerprint density at radius 3 is 2.32 bits per heavy atom. The molecule has 28 heavy (non-hydrogen) atoms. The van der Waals surface area contributed by atoms with Crippen LogP contribution in [-0.4, -0.2) is 44.8 Å². The standard InChI is InChI=1S/C17H15Cl2FN2O5S/c1-22(28(25,26)13-5-2-11(18)3-6-13)9-17(24)27-10-16(23)21-15-7-4-12(19)8-14(15)20/h2-8H,9-10H2,1H3,(H,21,23). The van der Waals surface area contributed by atoms with E-state index >= 15 is 0 Å². The molecule has 2 rings (SSSR count). The number of likely N-dealkylation sites (N-methyl/N-ethyl adjacent to an activating group) is 1. The fourth-order valence-electron chi connectivity index (χ4n) is 2.02. The van der Waals surface area contributed by atoms with Crippen LogP contribution in [0.1, 0.15) is 0 Å². The van der Waals surface area contributed by atoms with E-state index in [0.29, 0.717) is 5.02 Å². The number of hydrogen-bond donors (Lipinski definition) is 1. The molecule has 0 aliphatic rings. The van der Waals surface area contributed by atoms with Gasteiger partial charge in [-0.15, -0.1) is 0 Å². The van der Waals surface area contributed by atoms with Crippen LogP contribution in [0.5, 0.6) is 0 Å². The van der Waals surface area contributed by atoms with Crippen molar-refractivity contribution in [2.24, 2.45) is 0 Å². The first-order chi connectivity index (χ1) is 13.1. The molecule has 0 aliphatic carbocycles. The number of nitrogens with zero attached hydrogens (tertiary/aromatic N) is 1. The zero-order valence-electron chi connectivity index (χ0n) is 14.5. The van der Waals surface area contributed by atoms with Crippen molar-refractivity contribution in [3.8, 4) is 0 Å². The summed E-state index contributed by atoms with van der Waals surface area (Å²) in [7, 11) is -2.75. The number of esters is 1. The first-order valence-electron chi connectivity index (χ1n) is 7.72. The van der Waals surface area contributed by atoms with Crippen LogP contribution < -0.4 is 5.32 Å². The lowest BCUT2D eigenvalue weighted by molar-refractivity contribution is -0.147. The van der Waals surface area contributed by atoms with E-state index in [4.69, 9.17) is 27.9 Å². The van der Waals surface area contributed by atoms with E-state index in [1.54, 1.807) is 0 Å². The van der Waals surface area contributed by atoms with Gasteiger partial charge in [0.25, 0.3) is 5.91 Å². The minimum absolute atomic E-state index is 0.0526. The van der Waals surface area contributed by atoms with Gasteiger partial charge in [0.1, 0.15) is 12.4 Å². The minimum Gasteiger partial charge on any atom is -0.455 e. The van der Waals surface area contributed by atoms with Crippen LogP contribution in [0.2, 0.25) is 10.0 Å². The highest BCUT2D eigenvalue weighted by molar-refractivity contribution is 7.89. The van der Waals surface area contributed by atoms with Crippen LogP contribution in [0.4, 0.5) is 10.1 Å². The molecule has 0 fully saturated rings. The molecule has 0 atom stereocenters. The van der Waals surface area contributed by atoms with Gasteiger partial charge in [0.2, 0.25) is 10.0 Å². The fourth-order valence-corrected chi connectivity index (χ4v) is 3.42. The van der Waals surface area contributed by atoms with Gasteiger partial charge < -0.3 is 10.1 Å². The molecule has 7 nitrogen and oxygen atoms in total. The number of carbonyl (C=O) groups is 2. The summed E-state index contributed by atoms with van der Waals surface area (Å²) in [6, 6.07) is 9.05. The van der Waals surface area contributed by atoms with Gasteiger partial charge in [-0.1, -0.05) is 23.2 Å². The second-order valence-electron chi connectivity index (χ2n) is 5.55. The lowest BCUT2D eigenvalue weighted by atomic mass is 10.3. The SMILES string of the molecule is CN(CC(=O)OCC(=O)Nc1ccc(Cl)cc1F)S(=O)(=O)c1ccc(Cl)cc1. The van der Waals surface area contributed by atoms with Gasteiger partial charge in [0.15, 0.2) is 6.61 Å². The van der Waals surface area contributed by atoms with Crippen LogP contribution in [0.25, 0.3) is 0 Å². The molecule has 0 heterocycles. The summed E-state index contributed by atoms with van der Waals surface area (Å²) >= 11 is 11.3. The molecular weight excluding hydrogens is 434 g/mol. The molecule has 2 aromatic carbocycles. The molecule has 1 amide bonds. The van der Waals surface area contributed by atoms with E-state index in [1.165, 1.54) is 43.4 Å². The van der Waals surface area contributed by atoms with Gasteiger partial charge >= 0.3 is 5.97 Å². The zero-order valence-corrected chi connectivity index (χ0v) is 16.8. The average Bonchev–Trinajstić information content (AvgIpc) is 2.62. The van der Waals surface area contributed by atoms with Crippen molar-refractivity contribution in [3.63, 3.8) is 0 Å². The van der Waals surface area contributed by atoms with Crippen molar-refractivity contribution in [1.82, 2.24) is 4.31 Å². The molecule has 0 bridgehead atoms. The van der Waals surface area contributed by atoms with Crippen LogP contribution in [0, 0.1) is 5.82 Å². The van der Waals surface area contributed by atoms with Crippen LogP contribution >= 0.6 is 23.2 Å². The molecule has 0 radical (unpaired) electrons. The Hall–Kier alpha value is -2.20. The van der Waals surface area contributed by atoms with Gasteiger partial charge in [-0.05, 0) is 42.5 Å². The van der Waals surface area contributed by atoms with Crippen LogP contribution in [0.3, 0.4) is 0 Å². The summed E-state index contributed by atoms with van der Waals surface area (Å²) < 4.78 is 43.9. The lowest BCUT2D eigenvalue weighted by Gasteiger charge is -2.16. The van der Waals surface area contributed by atoms with Gasteiger partial charge in [0.05, 0.1) is 10.6 Å². The van der Waals surface area contributed by atoms with Gasteiger partial charge in [-0.2, -0.15) is 4.31 Å². The quantitative estimate of drug-likeness (QED) is 0.657. The Morgan fingerprint density at radius 1 is 1.11 bits per heavy atom. The van der Waals surface area contributed by atoms with Crippen molar-refractivity contribution >= 4 is 50.8 Å². The Kier molecular flexibility index (Phi) is 7.36. The monoisotopic (exact) mass is 448 g/mol. The van der Waals surface area contributed by atoms with Crippen molar-refractivity contribution in [2.45, 2.75) is 4.90 Å². The smallest absolute Gasteiger partial charge is 0.321 e. The third-order valence-electron chi connectivity index (χ3n) is 3.44. The van der Waals surface area contributed by atoms with Crippen molar-refractivity contribution < 1.29 is 27.1 Å². The molecule has 0 aromatic heterocycles. The molecule has 0 saturated carbocycles. The summed E-state index contributed by atoms with van der Waals surface area (Å²) in [6.45, 7) is -1.33. The van der Waals surface area contributed by atoms with Crippen LogP contribution in [0.15, 0.2) is 47.4 Å². The molecule has 0 aliphatic heterocycles. The molecule has 2 aromatic rings. The highest BCUT2D eigenvalue weighted by Gasteiger charge is 2.24. The molecule has 1 N–H and O–H groups in total. The molecule has 0 saturated heterocycles. The second kappa shape index (κ2) is 9.33. The first-order valence-corrected chi connectivity index (χ1v) is 9.91. The first kappa shape index (κ1) is 22.1.